The van der Waals surface area contributed by atoms with Gasteiger partial charge in [-0.25, -0.2) is 0 Å². The first-order valence-corrected chi connectivity index (χ1v) is 23.1. The fraction of sp³-hybridized carbons (Fsp3) is 0.115. The van der Waals surface area contributed by atoms with Gasteiger partial charge in [0, 0.05) is 37.0 Å². The molecule has 2 heterocycles. The van der Waals surface area contributed by atoms with Gasteiger partial charge in [0.15, 0.2) is 0 Å². The first-order chi connectivity index (χ1) is 30.7. The second kappa shape index (κ2) is 12.2. The van der Waals surface area contributed by atoms with Crippen LogP contribution in [0.3, 0.4) is 0 Å². The van der Waals surface area contributed by atoms with E-state index in [1.54, 1.807) is 0 Å². The first-order valence-electron chi connectivity index (χ1n) is 22.2. The molecule has 1 aromatic heterocycles. The van der Waals surface area contributed by atoms with Gasteiger partial charge in [-0.15, -0.1) is 0 Å². The van der Waals surface area contributed by atoms with Crippen LogP contribution < -0.4 is 0 Å². The summed E-state index contributed by atoms with van der Waals surface area (Å²) < 4.78 is 7.22. The summed E-state index contributed by atoms with van der Waals surface area (Å²) >= 11 is 1.89. The average molecular weight is 823 g/mol. The van der Waals surface area contributed by atoms with Gasteiger partial charge in [-0.1, -0.05) is 179 Å². The average Bonchev–Trinajstić information content (AvgIpc) is 3.98. The molecule has 0 atom stereocenters. The third-order valence-electron chi connectivity index (χ3n) is 15.4. The third-order valence-corrected chi connectivity index (χ3v) is 16.5. The number of rotatable bonds is 2. The van der Waals surface area contributed by atoms with Crippen LogP contribution >= 0.6 is 11.8 Å². The number of para-hydroxylation sites is 1. The van der Waals surface area contributed by atoms with Crippen LogP contribution in [0.25, 0.3) is 77.6 Å². The van der Waals surface area contributed by atoms with Crippen LogP contribution in [0, 0.1) is 0 Å². The van der Waals surface area contributed by atoms with Crippen LogP contribution in [0.4, 0.5) is 0 Å². The van der Waals surface area contributed by atoms with E-state index in [1.165, 1.54) is 115 Å². The Balaban J connectivity index is 1.09. The van der Waals surface area contributed by atoms with Crippen molar-refractivity contribution in [2.24, 2.45) is 0 Å². The van der Waals surface area contributed by atoms with Gasteiger partial charge < -0.3 is 4.42 Å². The molecule has 0 bridgehead atoms. The molecule has 0 N–H and O–H groups in total. The molecule has 3 aliphatic carbocycles. The van der Waals surface area contributed by atoms with Crippen LogP contribution in [0.15, 0.2) is 196 Å². The van der Waals surface area contributed by atoms with Gasteiger partial charge in [0.25, 0.3) is 0 Å². The Labute approximate surface area is 372 Å². The zero-order chi connectivity index (χ0) is 42.0. The number of furan rings is 1. The number of benzene rings is 9. The fourth-order valence-corrected chi connectivity index (χ4v) is 13.6. The Morgan fingerprint density at radius 1 is 0.365 bits per heavy atom. The van der Waals surface area contributed by atoms with Gasteiger partial charge in [0.2, 0.25) is 0 Å². The van der Waals surface area contributed by atoms with Gasteiger partial charge in [0.1, 0.15) is 11.2 Å². The summed E-state index contributed by atoms with van der Waals surface area (Å²) in [6, 6.07) is 69.1. The Morgan fingerprint density at radius 2 is 0.873 bits per heavy atom. The summed E-state index contributed by atoms with van der Waals surface area (Å²) in [5, 5.41) is 2.32. The quantitative estimate of drug-likeness (QED) is 0.172. The Bertz CT molecular complexity index is 3620. The molecule has 0 unspecified atom stereocenters. The third kappa shape index (κ3) is 4.44. The maximum Gasteiger partial charge on any atom is 0.144 e. The van der Waals surface area contributed by atoms with E-state index in [4.69, 9.17) is 4.42 Å². The summed E-state index contributed by atoms with van der Waals surface area (Å²) in [4.78, 5) is 2.58. The van der Waals surface area contributed by atoms with Gasteiger partial charge >= 0.3 is 0 Å². The molecule has 0 fully saturated rings. The zero-order valence-electron chi connectivity index (χ0n) is 35.6. The van der Waals surface area contributed by atoms with E-state index in [2.05, 4.69) is 210 Å². The molecule has 0 saturated heterocycles. The molecule has 0 saturated carbocycles. The van der Waals surface area contributed by atoms with Crippen LogP contribution in [0.2, 0.25) is 0 Å². The minimum absolute atomic E-state index is 0.0463. The molecular weight excluding hydrogens is 781 g/mol. The lowest BCUT2D eigenvalue weighted by atomic mass is 9.66. The molecule has 1 spiro atoms. The monoisotopic (exact) mass is 822 g/mol. The topological polar surface area (TPSA) is 13.1 Å². The highest BCUT2D eigenvalue weighted by Gasteiger charge is 2.52. The van der Waals surface area contributed by atoms with Crippen molar-refractivity contribution in [3.05, 3.63) is 226 Å². The van der Waals surface area contributed by atoms with Gasteiger partial charge in [-0.2, -0.15) is 0 Å². The van der Waals surface area contributed by atoms with Crippen molar-refractivity contribution in [1.29, 1.82) is 0 Å². The summed E-state index contributed by atoms with van der Waals surface area (Å²) in [6.07, 6.45) is 0. The summed E-state index contributed by atoms with van der Waals surface area (Å²) in [7, 11) is 0. The van der Waals surface area contributed by atoms with Gasteiger partial charge in [-0.3, -0.25) is 0 Å². The van der Waals surface area contributed by atoms with Crippen LogP contribution in [0.1, 0.15) is 72.2 Å². The molecule has 10 aromatic rings. The van der Waals surface area contributed by atoms with E-state index >= 15 is 0 Å². The van der Waals surface area contributed by atoms with E-state index in [-0.39, 0.29) is 10.8 Å². The zero-order valence-corrected chi connectivity index (χ0v) is 36.5. The van der Waals surface area contributed by atoms with Crippen molar-refractivity contribution in [2.75, 3.05) is 0 Å². The van der Waals surface area contributed by atoms with Gasteiger partial charge in [-0.05, 0) is 137 Å². The van der Waals surface area contributed by atoms with E-state index in [1.807, 2.05) is 11.8 Å². The Kier molecular flexibility index (Phi) is 6.91. The number of hydrogen-bond donors (Lipinski definition) is 0. The minimum atomic E-state index is -0.600. The van der Waals surface area contributed by atoms with Crippen molar-refractivity contribution < 1.29 is 4.42 Å². The Hall–Kier alpha value is -6.87. The maximum absolute atomic E-state index is 7.22. The van der Waals surface area contributed by atoms with Crippen LogP contribution in [-0.2, 0) is 16.2 Å². The van der Waals surface area contributed by atoms with Gasteiger partial charge in [0.05, 0.1) is 5.41 Å². The molecule has 298 valence electrons. The molecule has 63 heavy (non-hydrogen) atoms. The van der Waals surface area contributed by atoms with Crippen LogP contribution in [0.5, 0.6) is 0 Å². The van der Waals surface area contributed by atoms with Crippen molar-refractivity contribution >= 4 is 33.7 Å². The lowest BCUT2D eigenvalue weighted by Crippen LogP contribution is -2.32. The molecule has 0 radical (unpaired) electrons. The lowest BCUT2D eigenvalue weighted by Gasteiger charge is -2.40. The highest BCUT2D eigenvalue weighted by atomic mass is 32.2. The molecule has 0 amide bonds. The molecular formula is C61H42OS. The van der Waals surface area contributed by atoms with Crippen molar-refractivity contribution in [3.63, 3.8) is 0 Å². The summed E-state index contributed by atoms with van der Waals surface area (Å²) in [5.74, 6) is 0. The predicted molar refractivity (Wildman–Crippen MR) is 261 cm³/mol. The molecule has 2 heteroatoms. The summed E-state index contributed by atoms with van der Waals surface area (Å²) in [6.45, 7) is 9.45. The summed E-state index contributed by atoms with van der Waals surface area (Å²) in [5.41, 5.74) is 24.6. The highest BCUT2D eigenvalue weighted by molar-refractivity contribution is 7.99. The van der Waals surface area contributed by atoms with Crippen molar-refractivity contribution in [2.45, 2.75) is 53.7 Å². The second-order valence-electron chi connectivity index (χ2n) is 19.1. The van der Waals surface area contributed by atoms with Crippen LogP contribution in [-0.4, -0.2) is 0 Å². The van der Waals surface area contributed by atoms with E-state index in [0.717, 1.165) is 16.6 Å². The lowest BCUT2D eigenvalue weighted by molar-refractivity contribution is 0.660. The SMILES string of the molecule is CC1(C)c2ccccc2-c2cc(-c3ccc4c(c3)C3(c5ccccc5Sc5ccccc53)c3cc(-c5ccc6c(c5)-c5ccccc5C6(C)C)c5c(oc6ccccc65)c3-4)ccc21. The van der Waals surface area contributed by atoms with E-state index in [0.29, 0.717) is 0 Å². The van der Waals surface area contributed by atoms with E-state index in [9.17, 15) is 0 Å². The fourth-order valence-electron chi connectivity index (χ4n) is 12.5. The molecule has 1 aliphatic heterocycles. The number of hydrogen-bond acceptors (Lipinski definition) is 2. The molecule has 14 rings (SSSR count). The molecule has 9 aromatic carbocycles. The maximum atomic E-state index is 7.22. The Morgan fingerprint density at radius 3 is 1.54 bits per heavy atom. The van der Waals surface area contributed by atoms with Crippen molar-refractivity contribution in [3.8, 4) is 55.6 Å². The number of fused-ring (bicyclic) bond motifs is 19. The second-order valence-corrected chi connectivity index (χ2v) is 20.2. The largest absolute Gasteiger partial charge is 0.455 e. The first kappa shape index (κ1) is 35.7. The predicted octanol–water partition coefficient (Wildman–Crippen LogP) is 16.4. The normalized spacial score (nSPS) is 15.9. The molecule has 1 nitrogen and oxygen atoms in total. The standard InChI is InChI=1S/C61H42OS/c1-59(2)45-18-8-5-15-38(45)43-31-35(26-29-47(43)59)36-25-28-40-51(33-36)61(49-20-10-13-23-54(49)63-55-24-14-11-21-50(55)61)52-34-42(56-41-17-7-12-22-53(41)62-58(56)57(40)52)37-27-30-48-44(32-37)39-16-6-9-19-46(39)60(48,3)4/h5-34H,1-4H3. The smallest absolute Gasteiger partial charge is 0.144 e. The molecule has 4 aliphatic rings. The van der Waals surface area contributed by atoms with E-state index < -0.39 is 5.41 Å². The van der Waals surface area contributed by atoms with Crippen molar-refractivity contribution in [1.82, 2.24) is 0 Å². The highest BCUT2D eigenvalue weighted by Crippen LogP contribution is 2.65. The minimum Gasteiger partial charge on any atom is -0.455 e.